The van der Waals surface area contributed by atoms with Gasteiger partial charge in [0.05, 0.1) is 22.4 Å². The maximum absolute atomic E-state index is 14.1. The van der Waals surface area contributed by atoms with Crippen molar-refractivity contribution in [2.24, 2.45) is 11.3 Å². The molecule has 0 spiro atoms. The number of aromatic nitrogens is 4. The Morgan fingerprint density at radius 1 is 1.23 bits per heavy atom. The molecule has 0 radical (unpaired) electrons. The zero-order valence-corrected chi connectivity index (χ0v) is 19.0. The number of nitrogens with one attached hydrogen (secondary N) is 2. The first-order valence-electron chi connectivity index (χ1n) is 10.4. The summed E-state index contributed by atoms with van der Waals surface area (Å²) in [5, 5.41) is 26.0. The van der Waals surface area contributed by atoms with Crippen LogP contribution in [0.1, 0.15) is 29.0 Å². The number of anilines is 1. The van der Waals surface area contributed by atoms with Crippen LogP contribution < -0.4 is 10.6 Å². The first-order chi connectivity index (χ1) is 16.5. The van der Waals surface area contributed by atoms with Crippen LogP contribution >= 0.6 is 11.3 Å². The number of alkyl halides is 3. The van der Waals surface area contributed by atoms with E-state index in [0.29, 0.717) is 4.88 Å². The van der Waals surface area contributed by atoms with Crippen molar-refractivity contribution in [1.29, 1.82) is 0 Å². The molecule has 2 saturated carbocycles. The molecule has 3 aromatic heterocycles. The molecule has 0 saturated heterocycles. The van der Waals surface area contributed by atoms with Crippen LogP contribution in [0.3, 0.4) is 0 Å². The van der Waals surface area contributed by atoms with Crippen LogP contribution in [0, 0.1) is 28.3 Å². The maximum Gasteiger partial charge on any atom is 0.449 e. The predicted octanol–water partition coefficient (Wildman–Crippen LogP) is 1.52. The van der Waals surface area contributed by atoms with Crippen molar-refractivity contribution < 1.29 is 32.6 Å². The molecule has 35 heavy (non-hydrogen) atoms. The quantitative estimate of drug-likeness (QED) is 0.311. The van der Waals surface area contributed by atoms with Crippen LogP contribution in [0.4, 0.5) is 23.4 Å². The second kappa shape index (κ2) is 7.87. The van der Waals surface area contributed by atoms with Gasteiger partial charge in [-0.2, -0.15) is 17.6 Å². The zero-order valence-electron chi connectivity index (χ0n) is 18.2. The number of hydrogen-bond acceptors (Lipinski definition) is 8. The third kappa shape index (κ3) is 3.45. The number of hydrogen-bond donors (Lipinski definition) is 4. The standard InChI is InChI=1S/C21H18F4N6O3S/c1-26-16-12-17(29-11(28-16)6-4-8-3-5-10(22)35-8)31(18(30-12)21(23,24)25)13-9-7-20(9,19(34)27-2)15(33)14(13)32/h3,5,9,13-15,32-33H,7H2,1-2H3,(H,27,34)(H,26,28,29). The molecule has 9 nitrogen and oxygen atoms in total. The van der Waals surface area contributed by atoms with Crippen LogP contribution in [0.5, 0.6) is 0 Å². The number of amides is 1. The zero-order chi connectivity index (χ0) is 25.3. The van der Waals surface area contributed by atoms with E-state index >= 15 is 0 Å². The van der Waals surface area contributed by atoms with Gasteiger partial charge in [-0.25, -0.2) is 15.0 Å². The number of nitrogens with zero attached hydrogens (tertiary/aromatic N) is 4. The van der Waals surface area contributed by atoms with Gasteiger partial charge in [-0.1, -0.05) is 11.3 Å². The number of imidazole rings is 1. The molecular formula is C21H18F4N6O3S. The van der Waals surface area contributed by atoms with E-state index in [-0.39, 0.29) is 29.2 Å². The first-order valence-corrected chi connectivity index (χ1v) is 11.2. The normalized spacial score (nSPS) is 27.3. The minimum absolute atomic E-state index is 0.0395. The first kappa shape index (κ1) is 23.5. The van der Waals surface area contributed by atoms with Gasteiger partial charge in [0.2, 0.25) is 17.6 Å². The van der Waals surface area contributed by atoms with Gasteiger partial charge in [-0.3, -0.25) is 9.36 Å². The molecule has 3 aromatic rings. The molecule has 5 unspecified atom stereocenters. The highest BCUT2D eigenvalue weighted by Crippen LogP contribution is 2.68. The smallest absolute Gasteiger partial charge is 0.389 e. The Hall–Kier alpha value is -3.28. The molecule has 0 aromatic carbocycles. The summed E-state index contributed by atoms with van der Waals surface area (Å²) in [5.74, 6) is 2.40. The molecule has 3 heterocycles. The lowest BCUT2D eigenvalue weighted by atomic mass is 9.98. The summed E-state index contributed by atoms with van der Waals surface area (Å²) in [6.07, 6.45) is -8.10. The Morgan fingerprint density at radius 3 is 2.57 bits per heavy atom. The van der Waals surface area contributed by atoms with E-state index in [1.165, 1.54) is 26.2 Å². The summed E-state index contributed by atoms with van der Waals surface area (Å²) in [6, 6.07) is 1.35. The number of thiophene rings is 1. The monoisotopic (exact) mass is 510 g/mol. The van der Waals surface area contributed by atoms with Crippen molar-refractivity contribution in [3.8, 4) is 11.8 Å². The van der Waals surface area contributed by atoms with E-state index in [1.54, 1.807) is 0 Å². The average Bonchev–Trinajstić information content (AvgIpc) is 3.09. The van der Waals surface area contributed by atoms with Gasteiger partial charge in [-0.15, -0.1) is 0 Å². The fourth-order valence-corrected chi connectivity index (χ4v) is 5.53. The van der Waals surface area contributed by atoms with Crippen molar-refractivity contribution in [2.75, 3.05) is 19.4 Å². The lowest BCUT2D eigenvalue weighted by molar-refractivity contribution is -0.149. The highest BCUT2D eigenvalue weighted by atomic mass is 32.1. The van der Waals surface area contributed by atoms with Gasteiger partial charge in [-0.05, 0) is 30.4 Å². The van der Waals surface area contributed by atoms with E-state index in [1.807, 2.05) is 0 Å². The van der Waals surface area contributed by atoms with Gasteiger partial charge in [0, 0.05) is 20.0 Å². The predicted molar refractivity (Wildman–Crippen MR) is 116 cm³/mol. The topological polar surface area (TPSA) is 125 Å². The van der Waals surface area contributed by atoms with E-state index in [2.05, 4.69) is 37.4 Å². The lowest BCUT2D eigenvalue weighted by Gasteiger charge is -2.25. The molecular weight excluding hydrogens is 492 g/mol. The Bertz CT molecular complexity index is 1410. The third-order valence-electron chi connectivity index (χ3n) is 6.52. The van der Waals surface area contributed by atoms with Gasteiger partial charge < -0.3 is 20.8 Å². The molecule has 2 aliphatic rings. The second-order valence-electron chi connectivity index (χ2n) is 8.33. The largest absolute Gasteiger partial charge is 0.449 e. The van der Waals surface area contributed by atoms with Crippen LogP contribution in [0.15, 0.2) is 12.1 Å². The fraction of sp³-hybridized carbons (Fsp3) is 0.429. The maximum atomic E-state index is 14.1. The minimum atomic E-state index is -4.94. The summed E-state index contributed by atoms with van der Waals surface area (Å²) in [7, 11) is 2.79. The van der Waals surface area contributed by atoms with Crippen molar-refractivity contribution >= 4 is 34.2 Å². The van der Waals surface area contributed by atoms with Crippen molar-refractivity contribution in [3.63, 3.8) is 0 Å². The Labute approximate surface area is 199 Å². The summed E-state index contributed by atoms with van der Waals surface area (Å²) in [5.41, 5.74) is -1.88. The van der Waals surface area contributed by atoms with Crippen molar-refractivity contribution in [2.45, 2.75) is 30.8 Å². The number of fused-ring (bicyclic) bond motifs is 2. The van der Waals surface area contributed by atoms with Crippen LogP contribution in [-0.2, 0) is 11.0 Å². The molecule has 4 N–H and O–H groups in total. The third-order valence-corrected chi connectivity index (χ3v) is 7.31. The number of aliphatic hydroxyl groups is 2. The number of halogens is 4. The van der Waals surface area contributed by atoms with Crippen LogP contribution in [0.2, 0.25) is 0 Å². The van der Waals surface area contributed by atoms with E-state index in [4.69, 9.17) is 0 Å². The SMILES string of the molecule is CNC(=O)C12CC1C(n1c(C(F)(F)F)nc3c(NC)nc(C#Cc4ccc(F)s4)nc31)C(O)C2O. The highest BCUT2D eigenvalue weighted by molar-refractivity contribution is 7.10. The van der Waals surface area contributed by atoms with Crippen molar-refractivity contribution in [1.82, 2.24) is 24.8 Å². The molecule has 5 atom stereocenters. The van der Waals surface area contributed by atoms with Crippen LogP contribution in [0.25, 0.3) is 11.2 Å². The van der Waals surface area contributed by atoms with Crippen molar-refractivity contribution in [3.05, 3.63) is 33.8 Å². The average molecular weight is 510 g/mol. The summed E-state index contributed by atoms with van der Waals surface area (Å²) < 4.78 is 56.3. The Morgan fingerprint density at radius 2 is 1.97 bits per heavy atom. The lowest BCUT2D eigenvalue weighted by Crippen LogP contribution is -2.41. The molecule has 2 aliphatic carbocycles. The summed E-state index contributed by atoms with van der Waals surface area (Å²) in [6.45, 7) is 0. The van der Waals surface area contributed by atoms with E-state index in [0.717, 1.165) is 15.9 Å². The summed E-state index contributed by atoms with van der Waals surface area (Å²) >= 11 is 0.786. The Balaban J connectivity index is 1.71. The number of carbonyl (C=O) groups is 1. The number of carbonyl (C=O) groups excluding carboxylic acids is 1. The molecule has 5 rings (SSSR count). The van der Waals surface area contributed by atoms with E-state index in [9.17, 15) is 32.6 Å². The number of aliphatic hydroxyl groups excluding tert-OH is 2. The number of rotatable bonds is 3. The van der Waals surface area contributed by atoms with Gasteiger partial charge >= 0.3 is 6.18 Å². The molecule has 184 valence electrons. The van der Waals surface area contributed by atoms with Crippen LogP contribution in [-0.4, -0.2) is 61.9 Å². The highest BCUT2D eigenvalue weighted by Gasteiger charge is 2.75. The summed E-state index contributed by atoms with van der Waals surface area (Å²) in [4.78, 5) is 24.8. The Kier molecular flexibility index (Phi) is 5.28. The molecule has 2 fully saturated rings. The molecule has 0 bridgehead atoms. The molecule has 0 aliphatic heterocycles. The van der Waals surface area contributed by atoms with Gasteiger partial charge in [0.15, 0.2) is 22.1 Å². The fourth-order valence-electron chi connectivity index (χ4n) is 4.95. The van der Waals surface area contributed by atoms with Gasteiger partial charge in [0.25, 0.3) is 0 Å². The van der Waals surface area contributed by atoms with Gasteiger partial charge in [0.1, 0.15) is 6.10 Å². The molecule has 1 amide bonds. The minimum Gasteiger partial charge on any atom is -0.389 e. The molecule has 14 heteroatoms. The van der Waals surface area contributed by atoms with E-state index < -0.39 is 52.6 Å². The second-order valence-corrected chi connectivity index (χ2v) is 9.37.